The molecule has 1 heterocycles. The highest BCUT2D eigenvalue weighted by Gasteiger charge is 2.31. The van der Waals surface area contributed by atoms with E-state index in [9.17, 15) is 9.59 Å². The third kappa shape index (κ3) is 4.01. The standard InChI is InChI=1S/C18H23N3O3/c1-4-18(5-2,12-16(22)23)19-17(24)14-6-8-15(9-7-14)21-11-10-13(3)20-21/h6-11H,4-5,12H2,1-3H3,(H,19,24)(H,22,23). The van der Waals surface area contributed by atoms with E-state index in [2.05, 4.69) is 10.4 Å². The zero-order chi connectivity index (χ0) is 17.7. The molecule has 0 atom stereocenters. The number of nitrogens with zero attached hydrogens (tertiary/aromatic N) is 2. The Morgan fingerprint density at radius 2 is 1.79 bits per heavy atom. The maximum atomic E-state index is 12.5. The molecule has 0 saturated heterocycles. The van der Waals surface area contributed by atoms with E-state index in [1.165, 1.54) is 0 Å². The number of aryl methyl sites for hydroxylation is 1. The first-order valence-electron chi connectivity index (χ1n) is 8.06. The summed E-state index contributed by atoms with van der Waals surface area (Å²) in [4.78, 5) is 23.6. The molecule has 1 aromatic heterocycles. The van der Waals surface area contributed by atoms with E-state index in [0.717, 1.165) is 11.4 Å². The van der Waals surface area contributed by atoms with Crippen LogP contribution in [0.2, 0.25) is 0 Å². The second kappa shape index (κ2) is 7.29. The van der Waals surface area contributed by atoms with Crippen LogP contribution < -0.4 is 5.32 Å². The van der Waals surface area contributed by atoms with Gasteiger partial charge < -0.3 is 10.4 Å². The average molecular weight is 329 g/mol. The lowest BCUT2D eigenvalue weighted by Crippen LogP contribution is -2.49. The predicted molar refractivity (Wildman–Crippen MR) is 91.3 cm³/mol. The van der Waals surface area contributed by atoms with Crippen molar-refractivity contribution < 1.29 is 14.7 Å². The molecule has 0 fully saturated rings. The first kappa shape index (κ1) is 17.7. The summed E-state index contributed by atoms with van der Waals surface area (Å²) in [5.74, 6) is -1.17. The van der Waals surface area contributed by atoms with Crippen LogP contribution in [0.5, 0.6) is 0 Å². The molecule has 2 aromatic rings. The van der Waals surface area contributed by atoms with Crippen molar-refractivity contribution in [3.8, 4) is 5.69 Å². The summed E-state index contributed by atoms with van der Waals surface area (Å²) < 4.78 is 1.74. The SMILES string of the molecule is CCC(CC)(CC(=O)O)NC(=O)c1ccc(-n2ccc(C)n2)cc1. The van der Waals surface area contributed by atoms with Gasteiger partial charge in [-0.3, -0.25) is 9.59 Å². The Kier molecular flexibility index (Phi) is 5.39. The summed E-state index contributed by atoms with van der Waals surface area (Å²) in [5.41, 5.74) is 1.56. The molecule has 0 aliphatic carbocycles. The topological polar surface area (TPSA) is 84.2 Å². The number of aliphatic carboxylic acids is 1. The van der Waals surface area contributed by atoms with Gasteiger partial charge in [0.25, 0.3) is 5.91 Å². The molecular formula is C18H23N3O3. The molecule has 0 bridgehead atoms. The Morgan fingerprint density at radius 1 is 1.17 bits per heavy atom. The van der Waals surface area contributed by atoms with Crippen LogP contribution in [-0.2, 0) is 4.79 Å². The van der Waals surface area contributed by atoms with Crippen molar-refractivity contribution in [1.82, 2.24) is 15.1 Å². The van der Waals surface area contributed by atoms with Crippen LogP contribution in [0.4, 0.5) is 0 Å². The lowest BCUT2D eigenvalue weighted by molar-refractivity contribution is -0.138. The van der Waals surface area contributed by atoms with E-state index in [1.54, 1.807) is 16.8 Å². The molecule has 0 spiro atoms. The molecule has 2 rings (SSSR count). The number of hydrogen-bond donors (Lipinski definition) is 2. The van der Waals surface area contributed by atoms with E-state index in [1.807, 2.05) is 45.2 Å². The first-order valence-corrected chi connectivity index (χ1v) is 8.06. The van der Waals surface area contributed by atoms with Crippen LogP contribution in [-0.4, -0.2) is 32.3 Å². The summed E-state index contributed by atoms with van der Waals surface area (Å²) in [5, 5.41) is 16.3. The zero-order valence-electron chi connectivity index (χ0n) is 14.2. The highest BCUT2D eigenvalue weighted by atomic mass is 16.4. The third-order valence-electron chi connectivity index (χ3n) is 4.34. The predicted octanol–water partition coefficient (Wildman–Crippen LogP) is 2.94. The van der Waals surface area contributed by atoms with Crippen molar-refractivity contribution in [2.45, 2.75) is 45.6 Å². The number of benzene rings is 1. The van der Waals surface area contributed by atoms with Crippen LogP contribution in [0.3, 0.4) is 0 Å². The van der Waals surface area contributed by atoms with E-state index < -0.39 is 11.5 Å². The molecule has 1 amide bonds. The molecule has 6 heteroatoms. The lowest BCUT2D eigenvalue weighted by atomic mass is 9.88. The summed E-state index contributed by atoms with van der Waals surface area (Å²) in [6.45, 7) is 5.68. The summed E-state index contributed by atoms with van der Waals surface area (Å²) in [6.07, 6.45) is 2.89. The van der Waals surface area contributed by atoms with Gasteiger partial charge in [-0.2, -0.15) is 5.10 Å². The van der Waals surface area contributed by atoms with E-state index in [0.29, 0.717) is 18.4 Å². The van der Waals surface area contributed by atoms with Crippen molar-refractivity contribution in [3.63, 3.8) is 0 Å². The van der Waals surface area contributed by atoms with Gasteiger partial charge in [-0.1, -0.05) is 13.8 Å². The van der Waals surface area contributed by atoms with Crippen LogP contribution in [0.15, 0.2) is 36.5 Å². The van der Waals surface area contributed by atoms with Gasteiger partial charge in [0.05, 0.1) is 23.3 Å². The average Bonchev–Trinajstić information content (AvgIpc) is 3.00. The number of rotatable bonds is 7. The van der Waals surface area contributed by atoms with Crippen molar-refractivity contribution in [2.75, 3.05) is 0 Å². The molecule has 128 valence electrons. The molecular weight excluding hydrogens is 306 g/mol. The highest BCUT2D eigenvalue weighted by Crippen LogP contribution is 2.21. The Hall–Kier alpha value is -2.63. The molecule has 1 aromatic carbocycles. The maximum absolute atomic E-state index is 12.5. The molecule has 6 nitrogen and oxygen atoms in total. The van der Waals surface area contributed by atoms with Crippen LogP contribution >= 0.6 is 0 Å². The third-order valence-corrected chi connectivity index (χ3v) is 4.34. The fourth-order valence-electron chi connectivity index (χ4n) is 2.65. The smallest absolute Gasteiger partial charge is 0.305 e. The van der Waals surface area contributed by atoms with Gasteiger partial charge in [-0.25, -0.2) is 4.68 Å². The molecule has 0 aliphatic rings. The van der Waals surface area contributed by atoms with Gasteiger partial charge in [-0.05, 0) is 50.1 Å². The fraction of sp³-hybridized carbons (Fsp3) is 0.389. The number of nitrogens with one attached hydrogen (secondary N) is 1. The van der Waals surface area contributed by atoms with Gasteiger partial charge in [-0.15, -0.1) is 0 Å². The lowest BCUT2D eigenvalue weighted by Gasteiger charge is -2.31. The van der Waals surface area contributed by atoms with Gasteiger partial charge in [0.1, 0.15) is 0 Å². The van der Waals surface area contributed by atoms with Gasteiger partial charge in [0, 0.05) is 11.8 Å². The molecule has 0 saturated carbocycles. The second-order valence-corrected chi connectivity index (χ2v) is 5.96. The molecule has 0 unspecified atom stereocenters. The normalized spacial score (nSPS) is 11.3. The Morgan fingerprint density at radius 3 is 2.25 bits per heavy atom. The molecule has 2 N–H and O–H groups in total. The minimum Gasteiger partial charge on any atom is -0.481 e. The zero-order valence-corrected chi connectivity index (χ0v) is 14.2. The number of aromatic nitrogens is 2. The number of carboxylic acids is 1. The van der Waals surface area contributed by atoms with Crippen molar-refractivity contribution in [3.05, 3.63) is 47.8 Å². The number of carboxylic acid groups (broad SMARTS) is 1. The van der Waals surface area contributed by atoms with Crippen molar-refractivity contribution >= 4 is 11.9 Å². The Labute approximate surface area is 141 Å². The summed E-state index contributed by atoms with van der Waals surface area (Å²) in [6, 6.07) is 8.98. The molecule has 24 heavy (non-hydrogen) atoms. The number of carbonyl (C=O) groups excluding carboxylic acids is 1. The monoisotopic (exact) mass is 329 g/mol. The first-order chi connectivity index (χ1) is 11.4. The quantitative estimate of drug-likeness (QED) is 0.818. The number of carbonyl (C=O) groups is 2. The Bertz CT molecular complexity index is 715. The summed E-state index contributed by atoms with van der Waals surface area (Å²) >= 11 is 0. The highest BCUT2D eigenvalue weighted by molar-refractivity contribution is 5.95. The van der Waals surface area contributed by atoms with E-state index in [-0.39, 0.29) is 12.3 Å². The van der Waals surface area contributed by atoms with Crippen LogP contribution in [0, 0.1) is 6.92 Å². The minimum absolute atomic E-state index is 0.0869. The fourth-order valence-corrected chi connectivity index (χ4v) is 2.65. The van der Waals surface area contributed by atoms with Crippen LogP contribution in [0.25, 0.3) is 5.69 Å². The number of amides is 1. The molecule has 0 radical (unpaired) electrons. The molecule has 0 aliphatic heterocycles. The van der Waals surface area contributed by atoms with Crippen molar-refractivity contribution in [1.29, 1.82) is 0 Å². The van der Waals surface area contributed by atoms with Crippen molar-refractivity contribution in [2.24, 2.45) is 0 Å². The van der Waals surface area contributed by atoms with Gasteiger partial charge in [0.15, 0.2) is 0 Å². The van der Waals surface area contributed by atoms with Gasteiger partial charge in [0.2, 0.25) is 0 Å². The van der Waals surface area contributed by atoms with Crippen LogP contribution in [0.1, 0.15) is 49.2 Å². The van der Waals surface area contributed by atoms with Gasteiger partial charge >= 0.3 is 5.97 Å². The second-order valence-electron chi connectivity index (χ2n) is 5.96. The van der Waals surface area contributed by atoms with E-state index in [4.69, 9.17) is 5.11 Å². The van der Waals surface area contributed by atoms with E-state index >= 15 is 0 Å². The number of hydrogen-bond acceptors (Lipinski definition) is 3. The maximum Gasteiger partial charge on any atom is 0.305 e. The summed E-state index contributed by atoms with van der Waals surface area (Å²) in [7, 11) is 0. The largest absolute Gasteiger partial charge is 0.481 e. The Balaban J connectivity index is 2.15. The minimum atomic E-state index is -0.914.